The van der Waals surface area contributed by atoms with Gasteiger partial charge in [0.1, 0.15) is 5.82 Å². The van der Waals surface area contributed by atoms with Gasteiger partial charge in [0.25, 0.3) is 0 Å². The van der Waals surface area contributed by atoms with Crippen molar-refractivity contribution in [2.24, 2.45) is 4.99 Å². The van der Waals surface area contributed by atoms with Gasteiger partial charge in [0.05, 0.1) is 0 Å². The summed E-state index contributed by atoms with van der Waals surface area (Å²) < 4.78 is 12.9. The maximum atomic E-state index is 12.9. The van der Waals surface area contributed by atoms with E-state index in [1.807, 2.05) is 11.8 Å². The van der Waals surface area contributed by atoms with E-state index in [-0.39, 0.29) is 11.7 Å². The van der Waals surface area contributed by atoms with Crippen molar-refractivity contribution in [3.63, 3.8) is 0 Å². The Morgan fingerprint density at radius 1 is 1.27 bits per heavy atom. The molecule has 0 unspecified atom stereocenters. The third kappa shape index (κ3) is 7.64. The molecular weight excluding hydrogens is 351 g/mol. The molecule has 0 aliphatic carbocycles. The van der Waals surface area contributed by atoms with E-state index in [1.54, 1.807) is 23.9 Å². The number of nitrogens with zero attached hydrogens (tertiary/aromatic N) is 2. The van der Waals surface area contributed by atoms with E-state index in [2.05, 4.69) is 15.6 Å². The summed E-state index contributed by atoms with van der Waals surface area (Å²) in [6, 6.07) is 6.59. The molecule has 0 spiro atoms. The van der Waals surface area contributed by atoms with Crippen molar-refractivity contribution in [3.05, 3.63) is 30.1 Å². The molecule has 1 aliphatic heterocycles. The van der Waals surface area contributed by atoms with Crippen molar-refractivity contribution in [2.75, 3.05) is 38.5 Å². The third-order valence-electron chi connectivity index (χ3n) is 4.07. The molecule has 7 heteroatoms. The van der Waals surface area contributed by atoms with Crippen LogP contribution in [0, 0.1) is 5.82 Å². The highest BCUT2D eigenvalue weighted by Gasteiger charge is 2.18. The largest absolute Gasteiger partial charge is 0.357 e. The molecule has 26 heavy (non-hydrogen) atoms. The number of carbonyl (C=O) groups is 1. The van der Waals surface area contributed by atoms with Crippen molar-refractivity contribution >= 4 is 23.6 Å². The number of likely N-dealkylation sites (tertiary alicyclic amines) is 1. The van der Waals surface area contributed by atoms with Crippen LogP contribution in [0.4, 0.5) is 4.39 Å². The van der Waals surface area contributed by atoms with Crippen molar-refractivity contribution in [3.8, 4) is 0 Å². The molecule has 1 heterocycles. The van der Waals surface area contributed by atoms with E-state index in [4.69, 9.17) is 0 Å². The van der Waals surface area contributed by atoms with Crippen LogP contribution in [0.1, 0.15) is 32.6 Å². The minimum absolute atomic E-state index is 0.200. The van der Waals surface area contributed by atoms with Crippen molar-refractivity contribution in [1.82, 2.24) is 15.5 Å². The number of aliphatic imine (C=N–C) groups is 1. The van der Waals surface area contributed by atoms with Gasteiger partial charge in [-0.15, -0.1) is 11.8 Å². The molecule has 1 amide bonds. The lowest BCUT2D eigenvalue weighted by Crippen LogP contribution is -2.39. The van der Waals surface area contributed by atoms with Gasteiger partial charge in [-0.25, -0.2) is 4.39 Å². The predicted octanol–water partition coefficient (Wildman–Crippen LogP) is 2.88. The Kier molecular flexibility index (Phi) is 9.31. The van der Waals surface area contributed by atoms with Gasteiger partial charge in [0.2, 0.25) is 5.91 Å². The Labute approximate surface area is 159 Å². The molecule has 0 atom stereocenters. The number of thioether (sulfide) groups is 1. The molecule has 144 valence electrons. The van der Waals surface area contributed by atoms with Gasteiger partial charge in [-0.2, -0.15) is 0 Å². The molecule has 0 aromatic heterocycles. The molecule has 1 aromatic rings. The number of amides is 1. The summed E-state index contributed by atoms with van der Waals surface area (Å²) in [6.45, 7) is 6.14. The van der Waals surface area contributed by atoms with Crippen LogP contribution < -0.4 is 10.6 Å². The normalized spacial score (nSPS) is 14.8. The lowest BCUT2D eigenvalue weighted by molar-refractivity contribution is -0.127. The van der Waals surface area contributed by atoms with Gasteiger partial charge >= 0.3 is 0 Å². The lowest BCUT2D eigenvalue weighted by atomic mass is 10.4. The van der Waals surface area contributed by atoms with E-state index >= 15 is 0 Å². The van der Waals surface area contributed by atoms with Crippen LogP contribution in [-0.4, -0.2) is 55.2 Å². The number of hydrogen-bond acceptors (Lipinski definition) is 3. The van der Waals surface area contributed by atoms with Crippen LogP contribution in [0.25, 0.3) is 0 Å². The first-order chi connectivity index (χ1) is 12.7. The average Bonchev–Trinajstić information content (AvgIpc) is 3.05. The lowest BCUT2D eigenvalue weighted by Gasteiger charge is -2.16. The summed E-state index contributed by atoms with van der Waals surface area (Å²) >= 11 is 1.72. The van der Waals surface area contributed by atoms with Gasteiger partial charge in [-0.05, 0) is 56.2 Å². The molecule has 0 saturated carbocycles. The number of benzene rings is 1. The number of hydrogen-bond donors (Lipinski definition) is 2. The van der Waals surface area contributed by atoms with Crippen LogP contribution in [-0.2, 0) is 4.79 Å². The Balaban J connectivity index is 1.60. The maximum absolute atomic E-state index is 12.9. The predicted molar refractivity (Wildman–Crippen MR) is 106 cm³/mol. The van der Waals surface area contributed by atoms with Crippen LogP contribution in [0.3, 0.4) is 0 Å². The number of nitrogens with one attached hydrogen (secondary N) is 2. The Morgan fingerprint density at radius 2 is 2.08 bits per heavy atom. The smallest absolute Gasteiger partial charge is 0.222 e. The fourth-order valence-electron chi connectivity index (χ4n) is 2.74. The zero-order valence-electron chi connectivity index (χ0n) is 15.5. The Hall–Kier alpha value is -1.76. The van der Waals surface area contributed by atoms with Crippen LogP contribution in [0.15, 0.2) is 34.2 Å². The van der Waals surface area contributed by atoms with Gasteiger partial charge in [0.15, 0.2) is 5.96 Å². The quantitative estimate of drug-likeness (QED) is 0.284. The molecule has 0 radical (unpaired) electrons. The topological polar surface area (TPSA) is 56.7 Å². The van der Waals surface area contributed by atoms with Crippen LogP contribution in [0.5, 0.6) is 0 Å². The van der Waals surface area contributed by atoms with E-state index in [1.165, 1.54) is 12.1 Å². The van der Waals surface area contributed by atoms with Crippen molar-refractivity contribution in [2.45, 2.75) is 37.5 Å². The van der Waals surface area contributed by atoms with Crippen LogP contribution in [0.2, 0.25) is 0 Å². The second-order valence-corrected chi connectivity index (χ2v) is 7.35. The molecule has 0 bridgehead atoms. The zero-order chi connectivity index (χ0) is 18.6. The molecule has 1 aliphatic rings. The van der Waals surface area contributed by atoms with Gasteiger partial charge in [0, 0.05) is 44.0 Å². The second-order valence-electron chi connectivity index (χ2n) is 6.18. The van der Waals surface area contributed by atoms with E-state index < -0.39 is 0 Å². The number of carbonyl (C=O) groups excluding carboxylic acids is 1. The maximum Gasteiger partial charge on any atom is 0.222 e. The summed E-state index contributed by atoms with van der Waals surface area (Å²) in [5.41, 5.74) is 0. The van der Waals surface area contributed by atoms with E-state index in [0.29, 0.717) is 6.42 Å². The van der Waals surface area contributed by atoms with Gasteiger partial charge < -0.3 is 15.5 Å². The number of rotatable bonds is 10. The summed E-state index contributed by atoms with van der Waals surface area (Å²) in [5, 5.41) is 6.57. The van der Waals surface area contributed by atoms with Crippen molar-refractivity contribution < 1.29 is 9.18 Å². The fourth-order valence-corrected chi connectivity index (χ4v) is 3.57. The Morgan fingerprint density at radius 3 is 2.77 bits per heavy atom. The number of guanidine groups is 1. The summed E-state index contributed by atoms with van der Waals surface area (Å²) in [5.74, 6) is 1.86. The minimum Gasteiger partial charge on any atom is -0.357 e. The highest BCUT2D eigenvalue weighted by Crippen LogP contribution is 2.18. The summed E-state index contributed by atoms with van der Waals surface area (Å²) in [6.07, 6.45) is 3.58. The molecule has 1 fully saturated rings. The SMILES string of the molecule is CCNC(=NCCCSc1ccc(F)cc1)NCCCN1CCCC1=O. The molecule has 1 aromatic carbocycles. The third-order valence-corrected chi connectivity index (χ3v) is 5.17. The minimum atomic E-state index is -0.200. The van der Waals surface area contributed by atoms with E-state index in [0.717, 1.165) is 68.6 Å². The number of halogens is 1. The van der Waals surface area contributed by atoms with Crippen LogP contribution >= 0.6 is 11.8 Å². The van der Waals surface area contributed by atoms with Gasteiger partial charge in [-0.1, -0.05) is 0 Å². The zero-order valence-corrected chi connectivity index (χ0v) is 16.3. The van der Waals surface area contributed by atoms with E-state index in [9.17, 15) is 9.18 Å². The summed E-state index contributed by atoms with van der Waals surface area (Å²) in [4.78, 5) is 19.2. The standard InChI is InChI=1S/C19H29FN4OS/c1-2-21-19(22-11-4-14-24-13-3-6-18(24)25)23-12-5-15-26-17-9-7-16(20)8-10-17/h7-10H,2-6,11-15H2,1H3,(H2,21,22,23). The van der Waals surface area contributed by atoms with Gasteiger partial charge in [-0.3, -0.25) is 9.79 Å². The highest BCUT2D eigenvalue weighted by atomic mass is 32.2. The molecule has 1 saturated heterocycles. The fraction of sp³-hybridized carbons (Fsp3) is 0.579. The molecule has 5 nitrogen and oxygen atoms in total. The Bertz CT molecular complexity index is 579. The molecule has 2 rings (SSSR count). The molecular formula is C19H29FN4OS. The highest BCUT2D eigenvalue weighted by molar-refractivity contribution is 7.99. The first-order valence-corrected chi connectivity index (χ1v) is 10.4. The average molecular weight is 381 g/mol. The first-order valence-electron chi connectivity index (χ1n) is 9.37. The first kappa shape index (κ1) is 20.6. The molecule has 2 N–H and O–H groups in total. The second kappa shape index (κ2) is 11.8. The van der Waals surface area contributed by atoms with Crippen molar-refractivity contribution in [1.29, 1.82) is 0 Å². The monoisotopic (exact) mass is 380 g/mol. The summed E-state index contributed by atoms with van der Waals surface area (Å²) in [7, 11) is 0.